The molecule has 0 aliphatic rings. The predicted molar refractivity (Wildman–Crippen MR) is 81.1 cm³/mol. The van der Waals surface area contributed by atoms with Crippen molar-refractivity contribution >= 4 is 0 Å². The van der Waals surface area contributed by atoms with Gasteiger partial charge in [-0.05, 0) is 18.1 Å². The number of methoxy groups -OCH3 is 2. The van der Waals surface area contributed by atoms with Crippen molar-refractivity contribution in [1.29, 1.82) is 0 Å². The number of ether oxygens (including phenoxy) is 3. The maximum absolute atomic E-state index is 9.19. The smallest absolute Gasteiger partial charge is 0.203 e. The van der Waals surface area contributed by atoms with E-state index in [1.807, 2.05) is 42.5 Å². The molecule has 2 aromatic rings. The molecule has 0 heterocycles. The summed E-state index contributed by atoms with van der Waals surface area (Å²) in [5.74, 6) is 1.79. The quantitative estimate of drug-likeness (QED) is 0.851. The second-order valence-corrected chi connectivity index (χ2v) is 4.54. The SMILES string of the molecule is COc1ccc(CCO)c(OCc2ccccc2)c1OC. The van der Waals surface area contributed by atoms with Gasteiger partial charge in [-0.15, -0.1) is 0 Å². The van der Waals surface area contributed by atoms with Gasteiger partial charge in [0.1, 0.15) is 6.61 Å². The second-order valence-electron chi connectivity index (χ2n) is 4.54. The maximum Gasteiger partial charge on any atom is 0.203 e. The molecule has 0 aliphatic carbocycles. The Morgan fingerprint density at radius 3 is 2.29 bits per heavy atom. The Kier molecular flexibility index (Phi) is 5.46. The second kappa shape index (κ2) is 7.55. The van der Waals surface area contributed by atoms with Crippen LogP contribution in [0.2, 0.25) is 0 Å². The van der Waals surface area contributed by atoms with Crippen LogP contribution < -0.4 is 14.2 Å². The molecule has 0 amide bonds. The van der Waals surface area contributed by atoms with Crippen LogP contribution in [0, 0.1) is 0 Å². The van der Waals surface area contributed by atoms with E-state index in [1.54, 1.807) is 14.2 Å². The molecule has 21 heavy (non-hydrogen) atoms. The van der Waals surface area contributed by atoms with Crippen molar-refractivity contribution in [1.82, 2.24) is 0 Å². The number of aliphatic hydroxyl groups is 1. The van der Waals surface area contributed by atoms with Gasteiger partial charge in [-0.2, -0.15) is 0 Å². The summed E-state index contributed by atoms with van der Waals surface area (Å²) in [5, 5.41) is 9.19. The average molecular weight is 288 g/mol. The molecular weight excluding hydrogens is 268 g/mol. The third kappa shape index (κ3) is 3.67. The normalized spacial score (nSPS) is 10.2. The van der Waals surface area contributed by atoms with Crippen LogP contribution in [0.3, 0.4) is 0 Å². The average Bonchev–Trinajstić information content (AvgIpc) is 2.54. The lowest BCUT2D eigenvalue weighted by Gasteiger charge is -2.17. The number of aliphatic hydroxyl groups excluding tert-OH is 1. The maximum atomic E-state index is 9.19. The topological polar surface area (TPSA) is 47.9 Å². The first kappa shape index (κ1) is 15.2. The van der Waals surface area contributed by atoms with Crippen LogP contribution in [-0.4, -0.2) is 25.9 Å². The van der Waals surface area contributed by atoms with Crippen molar-refractivity contribution in [2.24, 2.45) is 0 Å². The third-order valence-corrected chi connectivity index (χ3v) is 3.19. The summed E-state index contributed by atoms with van der Waals surface area (Å²) >= 11 is 0. The number of benzene rings is 2. The number of rotatable bonds is 7. The van der Waals surface area contributed by atoms with Gasteiger partial charge in [0, 0.05) is 12.2 Å². The van der Waals surface area contributed by atoms with Crippen LogP contribution in [0.15, 0.2) is 42.5 Å². The van der Waals surface area contributed by atoms with Gasteiger partial charge < -0.3 is 19.3 Å². The minimum absolute atomic E-state index is 0.0528. The van der Waals surface area contributed by atoms with E-state index in [0.717, 1.165) is 11.1 Å². The van der Waals surface area contributed by atoms with Gasteiger partial charge in [0.15, 0.2) is 11.5 Å². The summed E-state index contributed by atoms with van der Waals surface area (Å²) in [5.41, 5.74) is 1.96. The first-order chi connectivity index (χ1) is 10.3. The lowest BCUT2D eigenvalue weighted by Crippen LogP contribution is -2.04. The Morgan fingerprint density at radius 2 is 1.67 bits per heavy atom. The largest absolute Gasteiger partial charge is 0.493 e. The summed E-state index contributed by atoms with van der Waals surface area (Å²) in [6, 6.07) is 13.6. The van der Waals surface area contributed by atoms with Gasteiger partial charge in [-0.3, -0.25) is 0 Å². The molecule has 0 bridgehead atoms. The highest BCUT2D eigenvalue weighted by atomic mass is 16.5. The minimum atomic E-state index is 0.0528. The molecule has 0 unspecified atom stereocenters. The van der Waals surface area contributed by atoms with Gasteiger partial charge in [0.05, 0.1) is 14.2 Å². The van der Waals surface area contributed by atoms with E-state index in [1.165, 1.54) is 0 Å². The molecule has 1 N–H and O–H groups in total. The Labute approximate surface area is 124 Å². The predicted octanol–water partition coefficient (Wildman–Crippen LogP) is 2.82. The van der Waals surface area contributed by atoms with E-state index in [4.69, 9.17) is 14.2 Å². The van der Waals surface area contributed by atoms with Crippen LogP contribution in [0.1, 0.15) is 11.1 Å². The van der Waals surface area contributed by atoms with Crippen molar-refractivity contribution in [2.45, 2.75) is 13.0 Å². The fraction of sp³-hybridized carbons (Fsp3) is 0.294. The standard InChI is InChI=1S/C17H20O4/c1-19-15-9-8-14(10-11-18)16(17(15)20-2)21-12-13-6-4-3-5-7-13/h3-9,18H,10-12H2,1-2H3. The third-order valence-electron chi connectivity index (χ3n) is 3.19. The number of hydrogen-bond acceptors (Lipinski definition) is 4. The van der Waals surface area contributed by atoms with Crippen LogP contribution in [-0.2, 0) is 13.0 Å². The molecule has 0 aromatic heterocycles. The highest BCUT2D eigenvalue weighted by Crippen LogP contribution is 2.40. The lowest BCUT2D eigenvalue weighted by atomic mass is 10.1. The highest BCUT2D eigenvalue weighted by Gasteiger charge is 2.16. The van der Waals surface area contributed by atoms with Crippen molar-refractivity contribution < 1.29 is 19.3 Å². The van der Waals surface area contributed by atoms with Gasteiger partial charge >= 0.3 is 0 Å². The van der Waals surface area contributed by atoms with Crippen molar-refractivity contribution in [3.8, 4) is 17.2 Å². The molecule has 2 rings (SSSR count). The van der Waals surface area contributed by atoms with E-state index < -0.39 is 0 Å². The summed E-state index contributed by atoms with van der Waals surface area (Å²) in [4.78, 5) is 0. The first-order valence-electron chi connectivity index (χ1n) is 6.81. The first-order valence-corrected chi connectivity index (χ1v) is 6.81. The molecule has 4 heteroatoms. The van der Waals surface area contributed by atoms with Crippen LogP contribution in [0.5, 0.6) is 17.2 Å². The zero-order chi connectivity index (χ0) is 15.1. The summed E-state index contributed by atoms with van der Waals surface area (Å²) in [7, 11) is 3.17. The van der Waals surface area contributed by atoms with E-state index in [-0.39, 0.29) is 6.61 Å². The zero-order valence-corrected chi connectivity index (χ0v) is 12.3. The van der Waals surface area contributed by atoms with E-state index in [0.29, 0.717) is 30.3 Å². The summed E-state index contributed by atoms with van der Waals surface area (Å²) < 4.78 is 16.6. The molecule has 0 aliphatic heterocycles. The fourth-order valence-electron chi connectivity index (χ4n) is 2.14. The van der Waals surface area contributed by atoms with Gasteiger partial charge in [-0.25, -0.2) is 0 Å². The van der Waals surface area contributed by atoms with E-state index in [2.05, 4.69) is 0 Å². The van der Waals surface area contributed by atoms with Crippen molar-refractivity contribution in [2.75, 3.05) is 20.8 Å². The summed E-state index contributed by atoms with van der Waals surface area (Å²) in [6.45, 7) is 0.486. The monoisotopic (exact) mass is 288 g/mol. The van der Waals surface area contributed by atoms with Gasteiger partial charge in [0.25, 0.3) is 0 Å². The lowest BCUT2D eigenvalue weighted by molar-refractivity contribution is 0.265. The van der Waals surface area contributed by atoms with E-state index in [9.17, 15) is 5.11 Å². The molecule has 2 aromatic carbocycles. The van der Waals surface area contributed by atoms with Crippen molar-refractivity contribution in [3.63, 3.8) is 0 Å². The van der Waals surface area contributed by atoms with E-state index >= 15 is 0 Å². The molecule has 4 nitrogen and oxygen atoms in total. The number of hydrogen-bond donors (Lipinski definition) is 1. The highest BCUT2D eigenvalue weighted by molar-refractivity contribution is 5.56. The Bertz CT molecular complexity index is 567. The fourth-order valence-corrected chi connectivity index (χ4v) is 2.14. The molecule has 0 saturated carbocycles. The van der Waals surface area contributed by atoms with Crippen LogP contribution in [0.4, 0.5) is 0 Å². The van der Waals surface area contributed by atoms with Crippen molar-refractivity contribution in [3.05, 3.63) is 53.6 Å². The zero-order valence-electron chi connectivity index (χ0n) is 12.3. The van der Waals surface area contributed by atoms with Gasteiger partial charge in [0.2, 0.25) is 5.75 Å². The van der Waals surface area contributed by atoms with Gasteiger partial charge in [-0.1, -0.05) is 36.4 Å². The minimum Gasteiger partial charge on any atom is -0.493 e. The molecule has 0 fully saturated rings. The molecule has 0 spiro atoms. The molecule has 112 valence electrons. The molecule has 0 atom stereocenters. The van der Waals surface area contributed by atoms with Crippen LogP contribution in [0.25, 0.3) is 0 Å². The molecular formula is C17H20O4. The Hall–Kier alpha value is -2.20. The Balaban J connectivity index is 2.29. The molecule has 0 saturated heterocycles. The Morgan fingerprint density at radius 1 is 0.905 bits per heavy atom. The molecule has 0 radical (unpaired) electrons. The summed E-state index contributed by atoms with van der Waals surface area (Å²) in [6.07, 6.45) is 0.504. The van der Waals surface area contributed by atoms with Crippen LogP contribution >= 0.6 is 0 Å².